The highest BCUT2D eigenvalue weighted by Gasteiger charge is 2.33. The molecule has 0 radical (unpaired) electrons. The summed E-state index contributed by atoms with van der Waals surface area (Å²) in [5, 5.41) is 3.29. The lowest BCUT2D eigenvalue weighted by Gasteiger charge is -2.34. The Balaban J connectivity index is 2.06. The van der Waals surface area contributed by atoms with Crippen LogP contribution in [0.15, 0.2) is 78.9 Å². The van der Waals surface area contributed by atoms with E-state index in [9.17, 15) is 22.4 Å². The van der Waals surface area contributed by atoms with Crippen molar-refractivity contribution >= 4 is 39.1 Å². The molecular formula is C28H31ClFN3O4S. The highest BCUT2D eigenvalue weighted by atomic mass is 35.5. The molecule has 1 atom stereocenters. The van der Waals surface area contributed by atoms with Crippen molar-refractivity contribution in [1.82, 2.24) is 10.2 Å². The zero-order valence-corrected chi connectivity index (χ0v) is 23.0. The van der Waals surface area contributed by atoms with Gasteiger partial charge in [-0.1, -0.05) is 60.1 Å². The van der Waals surface area contributed by atoms with E-state index in [1.54, 1.807) is 24.3 Å². The molecule has 3 rings (SSSR count). The summed E-state index contributed by atoms with van der Waals surface area (Å²) in [7, 11) is -3.93. The van der Waals surface area contributed by atoms with Gasteiger partial charge in [-0.05, 0) is 55.3 Å². The molecule has 0 aliphatic carbocycles. The second-order valence-electron chi connectivity index (χ2n) is 9.23. The fourth-order valence-electron chi connectivity index (χ4n) is 3.97. The van der Waals surface area contributed by atoms with Crippen LogP contribution in [0.5, 0.6) is 0 Å². The summed E-state index contributed by atoms with van der Waals surface area (Å²) >= 11 is 6.41. The van der Waals surface area contributed by atoms with E-state index in [2.05, 4.69) is 5.32 Å². The first-order valence-corrected chi connectivity index (χ1v) is 14.3. The molecule has 0 aliphatic rings. The fraction of sp³-hybridized carbons (Fsp3) is 0.286. The van der Waals surface area contributed by atoms with Crippen molar-refractivity contribution < 1.29 is 22.4 Å². The Morgan fingerprint density at radius 1 is 0.947 bits per heavy atom. The zero-order valence-electron chi connectivity index (χ0n) is 21.5. The van der Waals surface area contributed by atoms with Gasteiger partial charge in [-0.2, -0.15) is 0 Å². The topological polar surface area (TPSA) is 86.8 Å². The monoisotopic (exact) mass is 559 g/mol. The molecule has 0 spiro atoms. The van der Waals surface area contributed by atoms with Crippen molar-refractivity contribution in [2.24, 2.45) is 0 Å². The van der Waals surface area contributed by atoms with Gasteiger partial charge in [0.05, 0.1) is 11.9 Å². The van der Waals surface area contributed by atoms with Crippen LogP contribution < -0.4 is 9.62 Å². The molecule has 2 amide bonds. The number of anilines is 1. The maximum atomic E-state index is 13.9. The largest absolute Gasteiger partial charge is 0.352 e. The minimum absolute atomic E-state index is 0.0253. The summed E-state index contributed by atoms with van der Waals surface area (Å²) in [6.07, 6.45) is 1.17. The molecule has 0 heterocycles. The van der Waals surface area contributed by atoms with Gasteiger partial charge < -0.3 is 10.2 Å². The quantitative estimate of drug-likeness (QED) is 0.377. The minimum atomic E-state index is -3.93. The van der Waals surface area contributed by atoms with E-state index in [1.807, 2.05) is 44.2 Å². The number of hydrogen-bond acceptors (Lipinski definition) is 4. The number of carbonyl (C=O) groups excluding carboxylic acids is 2. The Hall–Kier alpha value is -3.43. The number of nitrogens with one attached hydrogen (secondary N) is 1. The van der Waals surface area contributed by atoms with Crippen molar-refractivity contribution in [3.05, 3.63) is 101 Å². The van der Waals surface area contributed by atoms with E-state index in [0.717, 1.165) is 28.3 Å². The molecule has 1 N–H and O–H groups in total. The van der Waals surface area contributed by atoms with Gasteiger partial charge in [0.15, 0.2) is 0 Å². The van der Waals surface area contributed by atoms with Crippen LogP contribution in [-0.4, -0.2) is 50.0 Å². The lowest BCUT2D eigenvalue weighted by atomic mass is 10.0. The van der Waals surface area contributed by atoms with Crippen molar-refractivity contribution in [2.45, 2.75) is 38.9 Å². The van der Waals surface area contributed by atoms with Crippen molar-refractivity contribution in [1.29, 1.82) is 0 Å². The molecule has 38 heavy (non-hydrogen) atoms. The normalized spacial score (nSPS) is 12.2. The number of benzene rings is 3. The van der Waals surface area contributed by atoms with Crippen LogP contribution in [0.2, 0.25) is 5.02 Å². The minimum Gasteiger partial charge on any atom is -0.352 e. The molecule has 0 aliphatic heterocycles. The summed E-state index contributed by atoms with van der Waals surface area (Å²) < 4.78 is 39.8. The molecule has 202 valence electrons. The molecule has 0 bridgehead atoms. The number of amides is 2. The number of sulfonamides is 1. The summed E-state index contributed by atoms with van der Waals surface area (Å²) in [6.45, 7) is 3.02. The van der Waals surface area contributed by atoms with Crippen LogP contribution in [0, 0.1) is 5.82 Å². The van der Waals surface area contributed by atoms with Crippen molar-refractivity contribution in [3.63, 3.8) is 0 Å². The maximum absolute atomic E-state index is 13.9. The van der Waals surface area contributed by atoms with E-state index in [4.69, 9.17) is 11.6 Å². The predicted octanol–water partition coefficient (Wildman–Crippen LogP) is 4.41. The van der Waals surface area contributed by atoms with Crippen LogP contribution in [0.3, 0.4) is 0 Å². The first kappa shape index (κ1) is 29.1. The standard InChI is InChI=1S/C28H31ClFN3O4S/c1-20(2)31-28(35)26(17-21-9-5-4-6-10-21)32(18-22-11-7-8-12-25(22)29)27(34)19-33(38(3,36)37)24-15-13-23(30)14-16-24/h4-16,20,26H,17-19H2,1-3H3,(H,31,35)/t26-/m0/s1. The van der Waals surface area contributed by atoms with E-state index in [1.165, 1.54) is 17.0 Å². The average molecular weight is 560 g/mol. The number of rotatable bonds is 11. The predicted molar refractivity (Wildman–Crippen MR) is 148 cm³/mol. The van der Waals surface area contributed by atoms with Gasteiger partial charge in [0.2, 0.25) is 21.8 Å². The Bertz CT molecular complexity index is 1350. The lowest BCUT2D eigenvalue weighted by molar-refractivity contribution is -0.140. The second kappa shape index (κ2) is 12.9. The molecule has 0 saturated carbocycles. The summed E-state index contributed by atoms with van der Waals surface area (Å²) in [6, 6.07) is 19.9. The van der Waals surface area contributed by atoms with Crippen LogP contribution in [0.1, 0.15) is 25.0 Å². The van der Waals surface area contributed by atoms with Crippen LogP contribution >= 0.6 is 11.6 Å². The van der Waals surface area contributed by atoms with Crippen LogP contribution in [-0.2, 0) is 32.6 Å². The van der Waals surface area contributed by atoms with Crippen LogP contribution in [0.4, 0.5) is 10.1 Å². The summed E-state index contributed by atoms with van der Waals surface area (Å²) in [5.74, 6) is -1.53. The summed E-state index contributed by atoms with van der Waals surface area (Å²) in [5.41, 5.74) is 1.56. The number of carbonyl (C=O) groups is 2. The number of hydrogen-bond donors (Lipinski definition) is 1. The number of halogens is 2. The molecule has 3 aromatic rings. The van der Waals surface area contributed by atoms with Gasteiger partial charge in [-0.15, -0.1) is 0 Å². The number of nitrogens with zero attached hydrogens (tertiary/aromatic N) is 2. The molecule has 10 heteroatoms. The van der Waals surface area contributed by atoms with Crippen LogP contribution in [0.25, 0.3) is 0 Å². The Morgan fingerprint density at radius 2 is 1.55 bits per heavy atom. The molecule has 0 aromatic heterocycles. The highest BCUT2D eigenvalue weighted by Crippen LogP contribution is 2.23. The Kier molecular flexibility index (Phi) is 9.88. The van der Waals surface area contributed by atoms with E-state index in [0.29, 0.717) is 10.6 Å². The molecule has 0 fully saturated rings. The van der Waals surface area contributed by atoms with Gasteiger partial charge in [0, 0.05) is 24.0 Å². The van der Waals surface area contributed by atoms with Gasteiger partial charge in [0.1, 0.15) is 18.4 Å². The third-order valence-electron chi connectivity index (χ3n) is 5.79. The van der Waals surface area contributed by atoms with Gasteiger partial charge in [-0.3, -0.25) is 13.9 Å². The molecule has 3 aromatic carbocycles. The van der Waals surface area contributed by atoms with Gasteiger partial charge in [0.25, 0.3) is 0 Å². The van der Waals surface area contributed by atoms with E-state index >= 15 is 0 Å². The average Bonchev–Trinajstić information content (AvgIpc) is 2.85. The second-order valence-corrected chi connectivity index (χ2v) is 11.5. The first-order chi connectivity index (χ1) is 18.0. The molecule has 7 nitrogen and oxygen atoms in total. The fourth-order valence-corrected chi connectivity index (χ4v) is 5.01. The molecular weight excluding hydrogens is 529 g/mol. The lowest BCUT2D eigenvalue weighted by Crippen LogP contribution is -2.54. The van der Waals surface area contributed by atoms with Gasteiger partial charge >= 0.3 is 0 Å². The van der Waals surface area contributed by atoms with Crippen molar-refractivity contribution in [2.75, 3.05) is 17.1 Å². The van der Waals surface area contributed by atoms with Gasteiger partial charge in [-0.25, -0.2) is 12.8 Å². The molecule has 0 saturated heterocycles. The third-order valence-corrected chi connectivity index (χ3v) is 7.30. The highest BCUT2D eigenvalue weighted by molar-refractivity contribution is 7.92. The Labute approximate surface area is 228 Å². The SMILES string of the molecule is CC(C)NC(=O)[C@H](Cc1ccccc1)N(Cc1ccccc1Cl)C(=O)CN(c1ccc(F)cc1)S(C)(=O)=O. The maximum Gasteiger partial charge on any atom is 0.244 e. The summed E-state index contributed by atoms with van der Waals surface area (Å²) in [4.78, 5) is 28.7. The van der Waals surface area contributed by atoms with Crippen molar-refractivity contribution in [3.8, 4) is 0 Å². The van der Waals surface area contributed by atoms with E-state index < -0.39 is 34.3 Å². The van der Waals surface area contributed by atoms with E-state index in [-0.39, 0.29) is 30.6 Å². The zero-order chi connectivity index (χ0) is 27.9. The molecule has 0 unspecified atom stereocenters. The smallest absolute Gasteiger partial charge is 0.244 e. The first-order valence-electron chi connectivity index (χ1n) is 12.1. The third kappa shape index (κ3) is 8.03. The Morgan fingerprint density at radius 3 is 2.13 bits per heavy atom.